The van der Waals surface area contributed by atoms with Gasteiger partial charge in [0.05, 0.1) is 6.54 Å². The number of carbonyl (C=O) groups is 3. The molecule has 8 nitrogen and oxygen atoms in total. The number of likely N-dealkylation sites (tertiary alicyclic amines) is 1. The average molecular weight is 416 g/mol. The Morgan fingerprint density at radius 2 is 1.53 bits per heavy atom. The smallest absolute Gasteiger partial charge is 0.317 e. The Kier molecular flexibility index (Phi) is 8.07. The van der Waals surface area contributed by atoms with Crippen LogP contribution in [0.5, 0.6) is 0 Å². The number of rotatable bonds is 7. The predicted octanol–water partition coefficient (Wildman–Crippen LogP) is 0.985. The molecule has 0 radical (unpaired) electrons. The second kappa shape index (κ2) is 11.0. The van der Waals surface area contributed by atoms with Crippen molar-refractivity contribution < 1.29 is 14.4 Å². The molecule has 30 heavy (non-hydrogen) atoms. The minimum absolute atomic E-state index is 0.0477. The van der Waals surface area contributed by atoms with Gasteiger partial charge in [-0.25, -0.2) is 4.79 Å². The maximum atomic E-state index is 12.4. The van der Waals surface area contributed by atoms with E-state index < -0.39 is 0 Å². The lowest BCUT2D eigenvalue weighted by atomic mass is 10.2. The van der Waals surface area contributed by atoms with Gasteiger partial charge in [0.2, 0.25) is 11.8 Å². The molecular weight excluding hydrogens is 382 g/mol. The number of hydrogen-bond donors (Lipinski definition) is 1. The maximum Gasteiger partial charge on any atom is 0.317 e. The van der Waals surface area contributed by atoms with E-state index in [1.54, 1.807) is 11.9 Å². The third-order valence-electron chi connectivity index (χ3n) is 5.77. The van der Waals surface area contributed by atoms with Gasteiger partial charge in [-0.05, 0) is 18.4 Å². The number of piperazine rings is 1. The third-order valence-corrected chi connectivity index (χ3v) is 5.77. The lowest BCUT2D eigenvalue weighted by Crippen LogP contribution is -2.51. The minimum atomic E-state index is -0.183. The van der Waals surface area contributed by atoms with Crippen LogP contribution >= 0.6 is 0 Å². The first-order chi connectivity index (χ1) is 14.5. The van der Waals surface area contributed by atoms with Crippen LogP contribution in [0.15, 0.2) is 30.3 Å². The van der Waals surface area contributed by atoms with E-state index in [-0.39, 0.29) is 24.3 Å². The molecule has 2 fully saturated rings. The fourth-order valence-electron chi connectivity index (χ4n) is 3.91. The number of nitrogens with one attached hydrogen (secondary N) is 1. The van der Waals surface area contributed by atoms with Gasteiger partial charge in [0.1, 0.15) is 0 Å². The van der Waals surface area contributed by atoms with E-state index >= 15 is 0 Å². The zero-order valence-corrected chi connectivity index (χ0v) is 17.9. The molecule has 8 heteroatoms. The molecule has 2 saturated heterocycles. The second-order valence-corrected chi connectivity index (χ2v) is 8.07. The highest BCUT2D eigenvalue weighted by atomic mass is 16.2. The number of benzene rings is 1. The Morgan fingerprint density at radius 3 is 2.20 bits per heavy atom. The topological polar surface area (TPSA) is 76.2 Å². The number of carbonyl (C=O) groups excluding carboxylic acids is 3. The van der Waals surface area contributed by atoms with Crippen LogP contribution in [-0.2, 0) is 16.1 Å². The molecule has 2 aliphatic heterocycles. The summed E-state index contributed by atoms with van der Waals surface area (Å²) in [6, 6.07) is 9.61. The molecule has 2 aliphatic rings. The Balaban J connectivity index is 1.31. The van der Waals surface area contributed by atoms with Crippen molar-refractivity contribution in [3.8, 4) is 0 Å². The first kappa shape index (κ1) is 22.1. The molecule has 0 spiro atoms. The van der Waals surface area contributed by atoms with Gasteiger partial charge in [-0.15, -0.1) is 0 Å². The van der Waals surface area contributed by atoms with E-state index in [0.717, 1.165) is 44.6 Å². The molecule has 3 rings (SSSR count). The van der Waals surface area contributed by atoms with Gasteiger partial charge < -0.3 is 20.0 Å². The molecule has 0 bridgehead atoms. The lowest BCUT2D eigenvalue weighted by molar-refractivity contribution is -0.134. The summed E-state index contributed by atoms with van der Waals surface area (Å²) in [4.78, 5) is 44.4. The fourth-order valence-corrected chi connectivity index (χ4v) is 3.91. The molecule has 4 amide bonds. The standard InChI is InChI=1S/C22H33N5O3/c1-24(17-19-7-3-2-4-8-19)22(30)23-10-9-20(28)27-15-13-25(14-16-27)18-21(29)26-11-5-6-12-26/h2-4,7-8H,5-6,9-18H2,1H3,(H,23,30). The first-order valence-corrected chi connectivity index (χ1v) is 10.8. The number of urea groups is 1. The van der Waals surface area contributed by atoms with Crippen LogP contribution in [-0.4, -0.2) is 96.9 Å². The van der Waals surface area contributed by atoms with Crippen molar-refractivity contribution in [1.29, 1.82) is 0 Å². The van der Waals surface area contributed by atoms with Gasteiger partial charge in [0, 0.05) is 65.8 Å². The van der Waals surface area contributed by atoms with E-state index in [1.807, 2.05) is 40.1 Å². The normalized spacial score (nSPS) is 17.1. The molecule has 0 atom stereocenters. The Morgan fingerprint density at radius 1 is 0.900 bits per heavy atom. The van der Waals surface area contributed by atoms with Crippen LogP contribution in [0.25, 0.3) is 0 Å². The van der Waals surface area contributed by atoms with Gasteiger partial charge >= 0.3 is 6.03 Å². The van der Waals surface area contributed by atoms with Crippen molar-refractivity contribution in [2.45, 2.75) is 25.8 Å². The molecular formula is C22H33N5O3. The highest BCUT2D eigenvalue weighted by Crippen LogP contribution is 2.10. The quantitative estimate of drug-likeness (QED) is 0.721. The predicted molar refractivity (Wildman–Crippen MR) is 115 cm³/mol. The SMILES string of the molecule is CN(Cc1ccccc1)C(=O)NCCC(=O)N1CCN(CC(=O)N2CCCC2)CC1. The van der Waals surface area contributed by atoms with E-state index in [2.05, 4.69) is 10.2 Å². The van der Waals surface area contributed by atoms with E-state index in [1.165, 1.54) is 0 Å². The summed E-state index contributed by atoms with van der Waals surface area (Å²) in [5, 5.41) is 2.82. The van der Waals surface area contributed by atoms with Crippen molar-refractivity contribution >= 4 is 17.8 Å². The maximum absolute atomic E-state index is 12.4. The summed E-state index contributed by atoms with van der Waals surface area (Å²) in [6.45, 7) is 5.76. The number of nitrogens with zero attached hydrogens (tertiary/aromatic N) is 4. The fraction of sp³-hybridized carbons (Fsp3) is 0.591. The molecule has 1 aromatic rings. The molecule has 1 N–H and O–H groups in total. The zero-order chi connectivity index (χ0) is 21.3. The van der Waals surface area contributed by atoms with Crippen LogP contribution in [0.3, 0.4) is 0 Å². The first-order valence-electron chi connectivity index (χ1n) is 10.8. The zero-order valence-electron chi connectivity index (χ0n) is 17.9. The Bertz CT molecular complexity index is 713. The highest BCUT2D eigenvalue weighted by Gasteiger charge is 2.25. The van der Waals surface area contributed by atoms with E-state index in [4.69, 9.17) is 0 Å². The molecule has 164 valence electrons. The van der Waals surface area contributed by atoms with Crippen molar-refractivity contribution in [3.05, 3.63) is 35.9 Å². The van der Waals surface area contributed by atoms with Crippen LogP contribution in [0.2, 0.25) is 0 Å². The number of amides is 4. The molecule has 0 aliphatic carbocycles. The van der Waals surface area contributed by atoms with Crippen molar-refractivity contribution in [3.63, 3.8) is 0 Å². The van der Waals surface area contributed by atoms with Crippen LogP contribution in [0.4, 0.5) is 4.79 Å². The van der Waals surface area contributed by atoms with Gasteiger partial charge in [-0.2, -0.15) is 0 Å². The monoisotopic (exact) mass is 415 g/mol. The van der Waals surface area contributed by atoms with E-state index in [0.29, 0.717) is 32.7 Å². The van der Waals surface area contributed by atoms with Crippen molar-refractivity contribution in [1.82, 2.24) is 24.9 Å². The molecule has 0 saturated carbocycles. The van der Waals surface area contributed by atoms with Gasteiger partial charge in [0.25, 0.3) is 0 Å². The summed E-state index contributed by atoms with van der Waals surface area (Å²) in [5.74, 6) is 0.251. The number of hydrogen-bond acceptors (Lipinski definition) is 4. The average Bonchev–Trinajstić information content (AvgIpc) is 3.30. The molecule has 0 aromatic heterocycles. The minimum Gasteiger partial charge on any atom is -0.342 e. The van der Waals surface area contributed by atoms with Crippen LogP contribution in [0, 0.1) is 0 Å². The Hall–Kier alpha value is -2.61. The van der Waals surface area contributed by atoms with Gasteiger partial charge in [0.15, 0.2) is 0 Å². The lowest BCUT2D eigenvalue weighted by Gasteiger charge is -2.35. The largest absolute Gasteiger partial charge is 0.342 e. The Labute approximate surface area is 178 Å². The second-order valence-electron chi connectivity index (χ2n) is 8.07. The summed E-state index contributed by atoms with van der Waals surface area (Å²) in [5.41, 5.74) is 1.06. The third kappa shape index (κ3) is 6.45. The van der Waals surface area contributed by atoms with E-state index in [9.17, 15) is 14.4 Å². The van der Waals surface area contributed by atoms with Crippen molar-refractivity contribution in [2.24, 2.45) is 0 Å². The summed E-state index contributed by atoms with van der Waals surface area (Å²) < 4.78 is 0. The summed E-state index contributed by atoms with van der Waals surface area (Å²) in [6.07, 6.45) is 2.50. The van der Waals surface area contributed by atoms with Crippen molar-refractivity contribution in [2.75, 3.05) is 59.4 Å². The van der Waals surface area contributed by atoms with Crippen LogP contribution < -0.4 is 5.32 Å². The molecule has 0 unspecified atom stereocenters. The van der Waals surface area contributed by atoms with Gasteiger partial charge in [-0.1, -0.05) is 30.3 Å². The molecule has 2 heterocycles. The van der Waals surface area contributed by atoms with Crippen LogP contribution in [0.1, 0.15) is 24.8 Å². The highest BCUT2D eigenvalue weighted by molar-refractivity contribution is 5.79. The molecule has 1 aromatic carbocycles. The van der Waals surface area contributed by atoms with Gasteiger partial charge in [-0.3, -0.25) is 14.5 Å². The summed E-state index contributed by atoms with van der Waals surface area (Å²) in [7, 11) is 1.74. The summed E-state index contributed by atoms with van der Waals surface area (Å²) >= 11 is 0.